The van der Waals surface area contributed by atoms with E-state index in [4.69, 9.17) is 5.21 Å². The van der Waals surface area contributed by atoms with E-state index in [0.29, 0.717) is 18.5 Å². The molecule has 0 fully saturated rings. The number of hydrogen-bond acceptors (Lipinski definition) is 4. The largest absolute Gasteiger partial charge is 0.340 e. The molecule has 1 aliphatic rings. The summed E-state index contributed by atoms with van der Waals surface area (Å²) in [5, 5.41) is 9.69. The van der Waals surface area contributed by atoms with E-state index in [0.717, 1.165) is 27.7 Å². The molecule has 134 valence electrons. The standard InChI is InChI=1S/C19H18N2O4S/c22-19(20-23)14-7-5-13(6-8-14)11-21-17-4-2-1-3-15(17)16-12-26(24,25)10-9-18(16)21/h1-8,23H,9-12H2,(H,20,22). The molecule has 4 rings (SSSR count). The SMILES string of the molecule is O=C(NO)c1ccc(Cn2c3c(c4ccccc42)CS(=O)(=O)CC3)cc1. The Morgan fingerprint density at radius 3 is 2.58 bits per heavy atom. The number of sulfone groups is 1. The third-order valence-electron chi connectivity index (χ3n) is 4.87. The molecule has 2 N–H and O–H groups in total. The molecule has 2 aromatic carbocycles. The summed E-state index contributed by atoms with van der Waals surface area (Å²) in [7, 11) is -3.05. The second-order valence-corrected chi connectivity index (χ2v) is 8.69. The Morgan fingerprint density at radius 1 is 1.12 bits per heavy atom. The molecule has 26 heavy (non-hydrogen) atoms. The van der Waals surface area contributed by atoms with Crippen molar-refractivity contribution >= 4 is 26.6 Å². The molecule has 2 heterocycles. The Kier molecular flexibility index (Phi) is 4.05. The van der Waals surface area contributed by atoms with Crippen molar-refractivity contribution in [2.24, 2.45) is 0 Å². The van der Waals surface area contributed by atoms with Crippen LogP contribution in [-0.2, 0) is 28.6 Å². The van der Waals surface area contributed by atoms with E-state index >= 15 is 0 Å². The summed E-state index contributed by atoms with van der Waals surface area (Å²) in [5.41, 5.74) is 5.99. The molecule has 3 aromatic rings. The van der Waals surface area contributed by atoms with Gasteiger partial charge < -0.3 is 4.57 Å². The molecule has 0 saturated heterocycles. The maximum Gasteiger partial charge on any atom is 0.274 e. The maximum atomic E-state index is 12.1. The first kappa shape index (κ1) is 16.8. The van der Waals surface area contributed by atoms with Crippen LogP contribution in [0.1, 0.15) is 27.2 Å². The van der Waals surface area contributed by atoms with Gasteiger partial charge in [-0.2, -0.15) is 0 Å². The third kappa shape index (κ3) is 2.89. The molecule has 0 atom stereocenters. The maximum absolute atomic E-state index is 12.1. The molecular weight excluding hydrogens is 352 g/mol. The van der Waals surface area contributed by atoms with Crippen LogP contribution in [0.25, 0.3) is 10.9 Å². The number of hydrogen-bond donors (Lipinski definition) is 2. The van der Waals surface area contributed by atoms with E-state index in [1.807, 2.05) is 36.4 Å². The third-order valence-corrected chi connectivity index (χ3v) is 6.42. The predicted octanol–water partition coefficient (Wildman–Crippen LogP) is 2.28. The van der Waals surface area contributed by atoms with Crippen LogP contribution in [0.4, 0.5) is 0 Å². The lowest BCUT2D eigenvalue weighted by Crippen LogP contribution is -2.20. The van der Waals surface area contributed by atoms with E-state index in [-0.39, 0.29) is 11.5 Å². The number of benzene rings is 2. The number of hydroxylamine groups is 1. The molecule has 1 amide bonds. The van der Waals surface area contributed by atoms with Gasteiger partial charge in [0.25, 0.3) is 5.91 Å². The second-order valence-electron chi connectivity index (χ2n) is 6.51. The quantitative estimate of drug-likeness (QED) is 0.547. The predicted molar refractivity (Wildman–Crippen MR) is 97.9 cm³/mol. The smallest absolute Gasteiger partial charge is 0.274 e. The molecule has 0 bridgehead atoms. The fourth-order valence-corrected chi connectivity index (χ4v) is 5.02. The van der Waals surface area contributed by atoms with Gasteiger partial charge in [0.1, 0.15) is 0 Å². The first-order chi connectivity index (χ1) is 12.5. The number of nitrogens with one attached hydrogen (secondary N) is 1. The molecule has 1 aliphatic heterocycles. The Balaban J connectivity index is 1.77. The van der Waals surface area contributed by atoms with Crippen LogP contribution in [0.5, 0.6) is 0 Å². The van der Waals surface area contributed by atoms with Crippen LogP contribution in [0.15, 0.2) is 48.5 Å². The number of aromatic nitrogens is 1. The summed E-state index contributed by atoms with van der Waals surface area (Å²) in [6.45, 7) is 0.594. The van der Waals surface area contributed by atoms with Crippen molar-refractivity contribution in [3.8, 4) is 0 Å². The van der Waals surface area contributed by atoms with Crippen molar-refractivity contribution in [3.05, 3.63) is 70.9 Å². The van der Waals surface area contributed by atoms with E-state index in [2.05, 4.69) is 4.57 Å². The van der Waals surface area contributed by atoms with Crippen LogP contribution < -0.4 is 5.48 Å². The van der Waals surface area contributed by atoms with Crippen LogP contribution in [0.3, 0.4) is 0 Å². The van der Waals surface area contributed by atoms with Gasteiger partial charge in [0.15, 0.2) is 9.84 Å². The fourth-order valence-electron chi connectivity index (χ4n) is 3.61. The fraction of sp³-hybridized carbons (Fsp3) is 0.211. The molecule has 0 unspecified atom stereocenters. The van der Waals surface area contributed by atoms with Gasteiger partial charge in [-0.15, -0.1) is 0 Å². The Morgan fingerprint density at radius 2 is 1.85 bits per heavy atom. The second kappa shape index (κ2) is 6.26. The normalized spacial score (nSPS) is 15.6. The van der Waals surface area contributed by atoms with Gasteiger partial charge in [-0.3, -0.25) is 10.0 Å². The average Bonchev–Trinajstić information content (AvgIpc) is 2.94. The van der Waals surface area contributed by atoms with E-state index in [1.54, 1.807) is 17.6 Å². The number of para-hydroxylation sites is 1. The van der Waals surface area contributed by atoms with Crippen LogP contribution in [-0.4, -0.2) is 29.9 Å². The Hall–Kier alpha value is -2.64. The van der Waals surface area contributed by atoms with Crippen LogP contribution in [0.2, 0.25) is 0 Å². The van der Waals surface area contributed by atoms with Crippen molar-refractivity contribution in [2.75, 3.05) is 5.75 Å². The number of rotatable bonds is 3. The van der Waals surface area contributed by atoms with Gasteiger partial charge in [0.2, 0.25) is 0 Å². The summed E-state index contributed by atoms with van der Waals surface area (Å²) in [6, 6.07) is 14.8. The molecule has 1 aromatic heterocycles. The summed E-state index contributed by atoms with van der Waals surface area (Å²) >= 11 is 0. The van der Waals surface area contributed by atoms with Gasteiger partial charge in [0.05, 0.1) is 11.5 Å². The lowest BCUT2D eigenvalue weighted by atomic mass is 10.1. The number of nitrogens with zero attached hydrogens (tertiary/aromatic N) is 1. The van der Waals surface area contributed by atoms with E-state index < -0.39 is 15.7 Å². The number of carbonyl (C=O) groups excluding carboxylic acids is 1. The molecule has 0 radical (unpaired) electrons. The highest BCUT2D eigenvalue weighted by Gasteiger charge is 2.27. The highest BCUT2D eigenvalue weighted by Crippen LogP contribution is 2.32. The molecule has 7 heteroatoms. The lowest BCUT2D eigenvalue weighted by Gasteiger charge is -2.17. The van der Waals surface area contributed by atoms with Gasteiger partial charge in [-0.25, -0.2) is 13.9 Å². The monoisotopic (exact) mass is 370 g/mol. The van der Waals surface area contributed by atoms with Crippen molar-refractivity contribution in [2.45, 2.75) is 18.7 Å². The minimum atomic E-state index is -3.05. The highest BCUT2D eigenvalue weighted by molar-refractivity contribution is 7.90. The summed E-state index contributed by atoms with van der Waals surface area (Å²) < 4.78 is 26.3. The minimum absolute atomic E-state index is 0.0887. The Labute approximate surface area is 150 Å². The van der Waals surface area contributed by atoms with Gasteiger partial charge >= 0.3 is 0 Å². The van der Waals surface area contributed by atoms with Crippen molar-refractivity contribution < 1.29 is 18.4 Å². The van der Waals surface area contributed by atoms with Gasteiger partial charge in [-0.05, 0) is 29.3 Å². The highest BCUT2D eigenvalue weighted by atomic mass is 32.2. The molecule has 0 aliphatic carbocycles. The number of carbonyl (C=O) groups is 1. The molecule has 0 saturated carbocycles. The zero-order valence-electron chi connectivity index (χ0n) is 14.0. The molecule has 6 nitrogen and oxygen atoms in total. The van der Waals surface area contributed by atoms with Crippen LogP contribution >= 0.6 is 0 Å². The van der Waals surface area contributed by atoms with Crippen LogP contribution in [0, 0.1) is 0 Å². The topological polar surface area (TPSA) is 88.4 Å². The molecular formula is C19H18N2O4S. The lowest BCUT2D eigenvalue weighted by molar-refractivity contribution is 0.0706. The van der Waals surface area contributed by atoms with E-state index in [9.17, 15) is 13.2 Å². The zero-order chi connectivity index (χ0) is 18.3. The molecule has 0 spiro atoms. The first-order valence-corrected chi connectivity index (χ1v) is 10.1. The van der Waals surface area contributed by atoms with Gasteiger partial charge in [0, 0.05) is 35.1 Å². The number of fused-ring (bicyclic) bond motifs is 3. The number of amides is 1. The zero-order valence-corrected chi connectivity index (χ0v) is 14.8. The average molecular weight is 370 g/mol. The van der Waals surface area contributed by atoms with Gasteiger partial charge in [-0.1, -0.05) is 30.3 Å². The minimum Gasteiger partial charge on any atom is -0.340 e. The van der Waals surface area contributed by atoms with Crippen molar-refractivity contribution in [1.82, 2.24) is 10.0 Å². The Bertz CT molecular complexity index is 1100. The van der Waals surface area contributed by atoms with Crippen molar-refractivity contribution in [1.29, 1.82) is 0 Å². The van der Waals surface area contributed by atoms with E-state index in [1.165, 1.54) is 0 Å². The summed E-state index contributed by atoms with van der Waals surface area (Å²) in [5.74, 6) is -0.289. The first-order valence-electron chi connectivity index (χ1n) is 8.31. The summed E-state index contributed by atoms with van der Waals surface area (Å²) in [6.07, 6.45) is 0.511. The summed E-state index contributed by atoms with van der Waals surface area (Å²) in [4.78, 5) is 11.4. The van der Waals surface area contributed by atoms with Crippen molar-refractivity contribution in [3.63, 3.8) is 0 Å².